The summed E-state index contributed by atoms with van der Waals surface area (Å²) in [6.45, 7) is 2.89. The van der Waals surface area contributed by atoms with Gasteiger partial charge in [-0.15, -0.1) is 0 Å². The third-order valence-corrected chi connectivity index (χ3v) is 3.37. The van der Waals surface area contributed by atoms with E-state index in [1.807, 2.05) is 36.7 Å². The summed E-state index contributed by atoms with van der Waals surface area (Å²) in [4.78, 5) is 4.02. The van der Waals surface area contributed by atoms with E-state index in [0.717, 1.165) is 23.8 Å². The van der Waals surface area contributed by atoms with Crippen molar-refractivity contribution in [3.8, 4) is 0 Å². The van der Waals surface area contributed by atoms with Crippen LogP contribution in [0.3, 0.4) is 0 Å². The average Bonchev–Trinajstić information content (AvgIpc) is 2.85. The number of furan rings is 1. The molecule has 0 aliphatic carbocycles. The summed E-state index contributed by atoms with van der Waals surface area (Å²) >= 11 is 1.77. The molecule has 0 unspecified atom stereocenters. The second-order valence-electron chi connectivity index (χ2n) is 4.18. The van der Waals surface area contributed by atoms with Gasteiger partial charge in [0.2, 0.25) is 0 Å². The quantitative estimate of drug-likeness (QED) is 0.866. The van der Waals surface area contributed by atoms with Gasteiger partial charge in [0.15, 0.2) is 0 Å². The monoisotopic (exact) mass is 262 g/mol. The molecular formula is C14H18N2OS. The zero-order valence-corrected chi connectivity index (χ0v) is 11.5. The van der Waals surface area contributed by atoms with Gasteiger partial charge in [-0.3, -0.25) is 4.98 Å². The summed E-state index contributed by atoms with van der Waals surface area (Å²) in [5.74, 6) is 2.95. The Balaban J connectivity index is 1.87. The molecule has 0 aliphatic heterocycles. The number of nitrogens with one attached hydrogen (secondary N) is 1. The molecule has 18 heavy (non-hydrogen) atoms. The molecule has 2 heterocycles. The first-order valence-corrected chi connectivity index (χ1v) is 7.39. The van der Waals surface area contributed by atoms with Crippen LogP contribution < -0.4 is 5.32 Å². The van der Waals surface area contributed by atoms with Crippen molar-refractivity contribution in [3.05, 3.63) is 53.7 Å². The lowest BCUT2D eigenvalue weighted by atomic mass is 10.1. The largest absolute Gasteiger partial charge is 0.464 e. The highest BCUT2D eigenvalue weighted by Gasteiger charge is 2.06. The molecule has 0 spiro atoms. The molecule has 3 nitrogen and oxygen atoms in total. The zero-order chi connectivity index (χ0) is 12.8. The minimum Gasteiger partial charge on any atom is -0.464 e. The summed E-state index contributed by atoms with van der Waals surface area (Å²) in [5.41, 5.74) is 1.24. The molecular weight excluding hydrogens is 244 g/mol. The number of nitrogens with zero attached hydrogens (tertiary/aromatic N) is 1. The Bertz CT molecular complexity index is 470. The zero-order valence-electron chi connectivity index (χ0n) is 10.7. The van der Waals surface area contributed by atoms with Gasteiger partial charge >= 0.3 is 0 Å². The van der Waals surface area contributed by atoms with Gasteiger partial charge in [-0.05, 0) is 43.0 Å². The highest BCUT2D eigenvalue weighted by molar-refractivity contribution is 7.97. The first-order valence-electron chi connectivity index (χ1n) is 5.99. The highest BCUT2D eigenvalue weighted by atomic mass is 32.2. The Hall–Kier alpha value is -1.26. The van der Waals surface area contributed by atoms with Crippen LogP contribution in [0.5, 0.6) is 0 Å². The van der Waals surface area contributed by atoms with E-state index in [1.165, 1.54) is 5.56 Å². The number of aromatic nitrogens is 1. The standard InChI is InChI=1S/C14H18N2OS/c1-11(12-5-7-15-8-6-12)16-9-13-3-4-14(17-13)10-18-2/h3-8,11,16H,9-10H2,1-2H3/t11-/m0/s1. The lowest BCUT2D eigenvalue weighted by Gasteiger charge is -2.12. The minimum absolute atomic E-state index is 0.294. The van der Waals surface area contributed by atoms with Crippen molar-refractivity contribution in [2.75, 3.05) is 6.26 Å². The molecule has 0 saturated carbocycles. The third kappa shape index (κ3) is 3.62. The number of hydrogen-bond acceptors (Lipinski definition) is 4. The van der Waals surface area contributed by atoms with Crippen LogP contribution in [0.25, 0.3) is 0 Å². The molecule has 0 aromatic carbocycles. The number of thioether (sulfide) groups is 1. The lowest BCUT2D eigenvalue weighted by molar-refractivity contribution is 0.442. The molecule has 0 fully saturated rings. The van der Waals surface area contributed by atoms with Gasteiger partial charge in [0, 0.05) is 18.4 Å². The summed E-state index contributed by atoms with van der Waals surface area (Å²) in [5, 5.41) is 3.44. The Morgan fingerprint density at radius 3 is 2.67 bits per heavy atom. The Morgan fingerprint density at radius 1 is 1.22 bits per heavy atom. The minimum atomic E-state index is 0.294. The summed E-state index contributed by atoms with van der Waals surface area (Å²) in [7, 11) is 0. The predicted octanol–water partition coefficient (Wildman–Crippen LogP) is 3.39. The van der Waals surface area contributed by atoms with Gasteiger partial charge < -0.3 is 9.73 Å². The first kappa shape index (κ1) is 13.2. The first-order chi connectivity index (χ1) is 8.79. The molecule has 1 atom stereocenters. The van der Waals surface area contributed by atoms with Gasteiger partial charge in [0.25, 0.3) is 0 Å². The molecule has 0 bridgehead atoms. The second-order valence-corrected chi connectivity index (χ2v) is 5.05. The van der Waals surface area contributed by atoms with Crippen molar-refractivity contribution in [1.82, 2.24) is 10.3 Å². The topological polar surface area (TPSA) is 38.1 Å². The third-order valence-electron chi connectivity index (χ3n) is 2.79. The Labute approximate surface area is 112 Å². The highest BCUT2D eigenvalue weighted by Crippen LogP contribution is 2.15. The van der Waals surface area contributed by atoms with Crippen molar-refractivity contribution >= 4 is 11.8 Å². The fraction of sp³-hybridized carbons (Fsp3) is 0.357. The predicted molar refractivity (Wildman–Crippen MR) is 75.4 cm³/mol. The fourth-order valence-electron chi connectivity index (χ4n) is 1.76. The molecule has 1 N–H and O–H groups in total. The maximum atomic E-state index is 5.71. The van der Waals surface area contributed by atoms with Crippen LogP contribution in [0, 0.1) is 0 Å². The molecule has 2 aromatic rings. The number of pyridine rings is 1. The molecule has 2 aromatic heterocycles. The molecule has 0 amide bonds. The van der Waals surface area contributed by atoms with Gasteiger partial charge in [-0.25, -0.2) is 0 Å². The molecule has 4 heteroatoms. The van der Waals surface area contributed by atoms with Gasteiger partial charge in [-0.2, -0.15) is 11.8 Å². The molecule has 0 radical (unpaired) electrons. The van der Waals surface area contributed by atoms with Crippen LogP contribution in [-0.2, 0) is 12.3 Å². The molecule has 2 rings (SSSR count). The Kier molecular flexibility index (Phi) is 4.84. The number of rotatable bonds is 6. The van der Waals surface area contributed by atoms with Gasteiger partial charge in [-0.1, -0.05) is 0 Å². The summed E-state index contributed by atoms with van der Waals surface area (Å²) < 4.78 is 5.71. The lowest BCUT2D eigenvalue weighted by Crippen LogP contribution is -2.17. The van der Waals surface area contributed by atoms with E-state index >= 15 is 0 Å². The van der Waals surface area contributed by atoms with E-state index in [4.69, 9.17) is 4.42 Å². The van der Waals surface area contributed by atoms with Crippen molar-refractivity contribution in [2.24, 2.45) is 0 Å². The summed E-state index contributed by atoms with van der Waals surface area (Å²) in [6.07, 6.45) is 5.71. The van der Waals surface area contributed by atoms with E-state index in [1.54, 1.807) is 11.8 Å². The van der Waals surface area contributed by atoms with E-state index in [2.05, 4.69) is 23.5 Å². The Morgan fingerprint density at radius 2 is 1.94 bits per heavy atom. The van der Waals surface area contributed by atoms with Crippen molar-refractivity contribution in [2.45, 2.75) is 25.3 Å². The van der Waals surface area contributed by atoms with Crippen LogP contribution in [0.15, 0.2) is 41.1 Å². The van der Waals surface area contributed by atoms with E-state index in [0.29, 0.717) is 6.04 Å². The maximum absolute atomic E-state index is 5.71. The van der Waals surface area contributed by atoms with Crippen LogP contribution in [0.1, 0.15) is 30.0 Å². The van der Waals surface area contributed by atoms with Crippen molar-refractivity contribution in [3.63, 3.8) is 0 Å². The van der Waals surface area contributed by atoms with Crippen LogP contribution in [0.4, 0.5) is 0 Å². The molecule has 96 valence electrons. The van der Waals surface area contributed by atoms with E-state index < -0.39 is 0 Å². The average molecular weight is 262 g/mol. The van der Waals surface area contributed by atoms with Crippen LogP contribution >= 0.6 is 11.8 Å². The fourth-order valence-corrected chi connectivity index (χ4v) is 2.20. The van der Waals surface area contributed by atoms with Crippen molar-refractivity contribution in [1.29, 1.82) is 0 Å². The second kappa shape index (κ2) is 6.61. The maximum Gasteiger partial charge on any atom is 0.118 e. The van der Waals surface area contributed by atoms with Gasteiger partial charge in [0.1, 0.15) is 11.5 Å². The molecule has 0 saturated heterocycles. The van der Waals surface area contributed by atoms with Crippen molar-refractivity contribution < 1.29 is 4.42 Å². The smallest absolute Gasteiger partial charge is 0.118 e. The molecule has 0 aliphatic rings. The number of hydrogen-bond donors (Lipinski definition) is 1. The van der Waals surface area contributed by atoms with Crippen LogP contribution in [0.2, 0.25) is 0 Å². The SMILES string of the molecule is CSCc1ccc(CN[C@@H](C)c2ccncc2)o1. The summed E-state index contributed by atoms with van der Waals surface area (Å²) in [6, 6.07) is 8.43. The van der Waals surface area contributed by atoms with Gasteiger partial charge in [0.05, 0.1) is 12.3 Å². The van der Waals surface area contributed by atoms with E-state index in [9.17, 15) is 0 Å². The van der Waals surface area contributed by atoms with E-state index in [-0.39, 0.29) is 0 Å². The van der Waals surface area contributed by atoms with Crippen LogP contribution in [-0.4, -0.2) is 11.2 Å². The normalized spacial score (nSPS) is 12.6.